The minimum atomic E-state index is -1.62. The average Bonchev–Trinajstić information content (AvgIpc) is 3.57. The van der Waals surface area contributed by atoms with Crippen molar-refractivity contribution >= 4 is 27.5 Å². The van der Waals surface area contributed by atoms with Crippen LogP contribution in [0.3, 0.4) is 0 Å². The molecular weight excluding hydrogens is 598 g/mol. The lowest BCUT2D eigenvalue weighted by Crippen LogP contribution is -2.56. The third-order valence-electron chi connectivity index (χ3n) is 8.63. The zero-order valence-corrected chi connectivity index (χ0v) is 27.5. The second kappa shape index (κ2) is 11.3. The van der Waals surface area contributed by atoms with Gasteiger partial charge in [0, 0.05) is 11.0 Å². The normalized spacial score (nSPS) is 17.2. The molecule has 6 rings (SSSR count). The van der Waals surface area contributed by atoms with E-state index in [2.05, 4.69) is 4.98 Å². The maximum Gasteiger partial charge on any atom is 0.333 e. The molecule has 0 radical (unpaired) electrons. The second-order valence-electron chi connectivity index (χ2n) is 13.6. The van der Waals surface area contributed by atoms with E-state index >= 15 is 0 Å². The van der Waals surface area contributed by atoms with Crippen molar-refractivity contribution in [2.24, 2.45) is 5.41 Å². The first-order valence-corrected chi connectivity index (χ1v) is 15.9. The van der Waals surface area contributed by atoms with Crippen molar-refractivity contribution in [2.45, 2.75) is 84.3 Å². The highest BCUT2D eigenvalue weighted by Gasteiger charge is 2.51. The summed E-state index contributed by atoms with van der Waals surface area (Å²) in [5, 5.41) is 0.303. The van der Waals surface area contributed by atoms with Crippen LogP contribution < -0.4 is 16.0 Å². The first-order chi connectivity index (χ1) is 21.2. The molecule has 2 fully saturated rings. The zero-order valence-electron chi connectivity index (χ0n) is 26.7. The molecule has 1 unspecified atom stereocenters. The fourth-order valence-electron chi connectivity index (χ4n) is 6.21. The van der Waals surface area contributed by atoms with Gasteiger partial charge in [0.2, 0.25) is 5.89 Å². The minimum Gasteiger partial charge on any atom is -0.496 e. The number of carbonyl (C=O) groups is 1. The summed E-state index contributed by atoms with van der Waals surface area (Å²) in [5.41, 5.74) is -2.15. The molecule has 1 saturated carbocycles. The van der Waals surface area contributed by atoms with Crippen molar-refractivity contribution in [3.8, 4) is 16.5 Å². The standard InChI is InChI=1S/C33H39N3O8S/c1-19-24-27(37)36(32(5,6)29(38)44-31(2,3)4)30(39)35(28(24)45-25(19)26-34-12-13-42-26)16-23(21-10-8-9-11-22(21)40-7)43-20-14-33(15-20)17-41-18-33/h8-13,20,23H,14-18H2,1-7H3. The molecule has 2 aliphatic rings. The van der Waals surface area contributed by atoms with Gasteiger partial charge in [-0.3, -0.25) is 9.36 Å². The maximum atomic E-state index is 14.6. The van der Waals surface area contributed by atoms with Gasteiger partial charge in [0.1, 0.15) is 34.1 Å². The highest BCUT2D eigenvalue weighted by Crippen LogP contribution is 2.50. The van der Waals surface area contributed by atoms with E-state index in [1.807, 2.05) is 24.3 Å². The van der Waals surface area contributed by atoms with Crippen LogP contribution in [0.5, 0.6) is 5.75 Å². The Balaban J connectivity index is 1.53. The molecule has 0 N–H and O–H groups in total. The van der Waals surface area contributed by atoms with Crippen LogP contribution in [-0.4, -0.2) is 52.1 Å². The van der Waals surface area contributed by atoms with Crippen LogP contribution in [0.4, 0.5) is 0 Å². The summed E-state index contributed by atoms with van der Waals surface area (Å²) in [6.45, 7) is 11.6. The molecule has 1 atom stereocenters. The predicted octanol–water partition coefficient (Wildman–Crippen LogP) is 5.21. The number of ether oxygens (including phenoxy) is 4. The summed E-state index contributed by atoms with van der Waals surface area (Å²) in [7, 11) is 1.60. The Morgan fingerprint density at radius 2 is 1.87 bits per heavy atom. The maximum absolute atomic E-state index is 14.6. The summed E-state index contributed by atoms with van der Waals surface area (Å²) in [4.78, 5) is 47.7. The van der Waals surface area contributed by atoms with Crippen molar-refractivity contribution in [3.05, 3.63) is 68.7 Å². The van der Waals surface area contributed by atoms with E-state index in [0.29, 0.717) is 32.3 Å². The van der Waals surface area contributed by atoms with E-state index in [1.54, 1.807) is 34.8 Å². The van der Waals surface area contributed by atoms with Gasteiger partial charge in [-0.1, -0.05) is 18.2 Å². The van der Waals surface area contributed by atoms with E-state index in [4.69, 9.17) is 23.4 Å². The number of rotatable bonds is 9. The van der Waals surface area contributed by atoms with Crippen LogP contribution in [0.25, 0.3) is 21.0 Å². The average molecular weight is 638 g/mol. The first-order valence-electron chi connectivity index (χ1n) is 15.0. The van der Waals surface area contributed by atoms with Gasteiger partial charge in [-0.25, -0.2) is 19.1 Å². The van der Waals surface area contributed by atoms with Gasteiger partial charge in [-0.2, -0.15) is 0 Å². The smallest absolute Gasteiger partial charge is 0.333 e. The number of benzene rings is 1. The van der Waals surface area contributed by atoms with Crippen LogP contribution in [0.15, 0.2) is 50.7 Å². The van der Waals surface area contributed by atoms with E-state index in [-0.39, 0.29) is 18.1 Å². The Kier molecular flexibility index (Phi) is 7.81. The minimum absolute atomic E-state index is 0.0351. The summed E-state index contributed by atoms with van der Waals surface area (Å²) < 4.78 is 31.7. The summed E-state index contributed by atoms with van der Waals surface area (Å²) in [6.07, 6.45) is 4.07. The molecular formula is C33H39N3O8S. The number of esters is 1. The molecule has 0 bridgehead atoms. The Morgan fingerprint density at radius 3 is 2.47 bits per heavy atom. The van der Waals surface area contributed by atoms with Gasteiger partial charge in [0.05, 0.1) is 49.4 Å². The van der Waals surface area contributed by atoms with Crippen molar-refractivity contribution in [1.82, 2.24) is 14.1 Å². The predicted molar refractivity (Wildman–Crippen MR) is 169 cm³/mol. The van der Waals surface area contributed by atoms with Crippen LogP contribution in [0.2, 0.25) is 0 Å². The van der Waals surface area contributed by atoms with Crippen molar-refractivity contribution in [2.75, 3.05) is 20.3 Å². The number of hydrogen-bond acceptors (Lipinski definition) is 10. The number of aryl methyl sites for hydroxylation is 1. The van der Waals surface area contributed by atoms with E-state index in [0.717, 1.165) is 36.2 Å². The Bertz CT molecular complexity index is 1850. The SMILES string of the molecule is COc1ccccc1C(Cn1c(=O)n(C(C)(C)C(=O)OC(C)(C)C)c(=O)c2c(C)c(-c3ncco3)sc21)OC1CC2(COC2)C1. The third kappa shape index (κ3) is 5.53. The van der Waals surface area contributed by atoms with Gasteiger partial charge < -0.3 is 23.4 Å². The Labute approximate surface area is 264 Å². The fourth-order valence-corrected chi connectivity index (χ4v) is 7.45. The van der Waals surface area contributed by atoms with Crippen LogP contribution in [0.1, 0.15) is 64.7 Å². The molecule has 1 aliphatic heterocycles. The van der Waals surface area contributed by atoms with Gasteiger partial charge >= 0.3 is 11.7 Å². The first kappa shape index (κ1) is 31.3. The number of para-hydroxylation sites is 1. The number of methoxy groups -OCH3 is 1. The molecule has 240 valence electrons. The molecule has 4 aromatic rings. The van der Waals surface area contributed by atoms with Gasteiger partial charge in [-0.05, 0) is 66.0 Å². The van der Waals surface area contributed by atoms with Crippen molar-refractivity contribution in [3.63, 3.8) is 0 Å². The highest BCUT2D eigenvalue weighted by molar-refractivity contribution is 7.22. The molecule has 45 heavy (non-hydrogen) atoms. The molecule has 11 nitrogen and oxygen atoms in total. The quantitative estimate of drug-likeness (QED) is 0.228. The third-order valence-corrected chi connectivity index (χ3v) is 9.93. The monoisotopic (exact) mass is 637 g/mol. The van der Waals surface area contributed by atoms with Crippen LogP contribution in [0, 0.1) is 12.3 Å². The topological polar surface area (TPSA) is 124 Å². The fraction of sp³-hybridized carbons (Fsp3) is 0.515. The number of nitrogens with zero attached hydrogens (tertiary/aromatic N) is 3. The van der Waals surface area contributed by atoms with Crippen molar-refractivity contribution < 1.29 is 28.2 Å². The number of fused-ring (bicyclic) bond motifs is 1. The van der Waals surface area contributed by atoms with E-state index < -0.39 is 34.5 Å². The zero-order chi connectivity index (χ0) is 32.3. The van der Waals surface area contributed by atoms with Gasteiger partial charge in [0.25, 0.3) is 5.56 Å². The molecule has 1 aromatic carbocycles. The lowest BCUT2D eigenvalue weighted by Gasteiger charge is -2.53. The molecule has 1 saturated heterocycles. The summed E-state index contributed by atoms with van der Waals surface area (Å²) in [6, 6.07) is 7.56. The van der Waals surface area contributed by atoms with Crippen LogP contribution in [-0.2, 0) is 31.1 Å². The molecule has 12 heteroatoms. The summed E-state index contributed by atoms with van der Waals surface area (Å²) in [5.74, 6) is 0.268. The Hall–Kier alpha value is -3.74. The van der Waals surface area contributed by atoms with E-state index in [1.165, 1.54) is 42.2 Å². The number of thiophene rings is 1. The second-order valence-corrected chi connectivity index (χ2v) is 14.6. The van der Waals surface area contributed by atoms with E-state index in [9.17, 15) is 14.4 Å². The number of oxazole rings is 1. The molecule has 1 aliphatic carbocycles. The Morgan fingerprint density at radius 1 is 1.16 bits per heavy atom. The van der Waals surface area contributed by atoms with Gasteiger partial charge in [-0.15, -0.1) is 11.3 Å². The number of hydrogen-bond donors (Lipinski definition) is 0. The number of carbonyl (C=O) groups excluding carboxylic acids is 1. The largest absolute Gasteiger partial charge is 0.496 e. The lowest BCUT2D eigenvalue weighted by molar-refractivity contribution is -0.221. The molecule has 3 aromatic heterocycles. The van der Waals surface area contributed by atoms with Crippen molar-refractivity contribution in [1.29, 1.82) is 0 Å². The molecule has 0 amide bonds. The molecule has 4 heterocycles. The summed E-state index contributed by atoms with van der Waals surface area (Å²) >= 11 is 1.25. The lowest BCUT2D eigenvalue weighted by atomic mass is 9.65. The van der Waals surface area contributed by atoms with Crippen LogP contribution >= 0.6 is 11.3 Å². The number of aromatic nitrogens is 3. The van der Waals surface area contributed by atoms with Gasteiger partial charge in [0.15, 0.2) is 0 Å². The highest BCUT2D eigenvalue weighted by atomic mass is 32.1. The molecule has 1 spiro atoms.